The molecular weight excluding hydrogens is 247 g/mol. The van der Waals surface area contributed by atoms with E-state index in [0.717, 1.165) is 17.1 Å². The van der Waals surface area contributed by atoms with Gasteiger partial charge in [-0.2, -0.15) is 13.2 Å². The molecule has 0 aromatic carbocycles. The predicted molar refractivity (Wildman–Crippen MR) is 59.2 cm³/mol. The summed E-state index contributed by atoms with van der Waals surface area (Å²) in [6.45, 7) is 1.63. The maximum Gasteiger partial charge on any atom is 0.421 e. The van der Waals surface area contributed by atoms with Crippen molar-refractivity contribution in [3.63, 3.8) is 0 Å². The van der Waals surface area contributed by atoms with E-state index >= 15 is 0 Å². The highest BCUT2D eigenvalue weighted by Gasteiger charge is 2.34. The van der Waals surface area contributed by atoms with Crippen LogP contribution < -0.4 is 5.56 Å². The summed E-state index contributed by atoms with van der Waals surface area (Å²) in [6.07, 6.45) is -1.61. The minimum atomic E-state index is -4.59. The number of aryl methyl sites for hydroxylation is 1. The molecule has 0 spiro atoms. The highest BCUT2D eigenvalue weighted by Crippen LogP contribution is 2.26. The van der Waals surface area contributed by atoms with Gasteiger partial charge in [0, 0.05) is 26.0 Å². The molecule has 1 atom stereocenters. The van der Waals surface area contributed by atoms with Gasteiger partial charge in [0.15, 0.2) is 0 Å². The summed E-state index contributed by atoms with van der Waals surface area (Å²) < 4.78 is 43.9. The molecule has 0 radical (unpaired) electrons. The van der Waals surface area contributed by atoms with E-state index in [1.807, 2.05) is 0 Å². The van der Waals surface area contributed by atoms with Gasteiger partial charge in [-0.1, -0.05) is 0 Å². The van der Waals surface area contributed by atoms with Crippen LogP contribution in [0.5, 0.6) is 0 Å². The molecule has 6 heteroatoms. The van der Waals surface area contributed by atoms with Crippen LogP contribution in [0.4, 0.5) is 13.2 Å². The quantitative estimate of drug-likeness (QED) is 0.836. The second-order valence-electron chi connectivity index (χ2n) is 4.44. The number of hydrogen-bond donors (Lipinski definition) is 0. The van der Waals surface area contributed by atoms with Crippen molar-refractivity contribution in [2.24, 2.45) is 5.92 Å². The van der Waals surface area contributed by atoms with Crippen molar-refractivity contribution in [1.29, 1.82) is 0 Å². The zero-order valence-electron chi connectivity index (χ0n) is 9.74. The van der Waals surface area contributed by atoms with Crippen LogP contribution in [-0.4, -0.2) is 17.8 Å². The molecule has 1 aliphatic rings. The lowest BCUT2D eigenvalue weighted by atomic mass is 10.1. The van der Waals surface area contributed by atoms with Gasteiger partial charge in [0.2, 0.25) is 0 Å². The number of ether oxygens (including phenoxy) is 1. The number of halogens is 3. The number of hydrogen-bond acceptors (Lipinski definition) is 2. The minimum Gasteiger partial charge on any atom is -0.381 e. The van der Waals surface area contributed by atoms with Crippen molar-refractivity contribution >= 4 is 0 Å². The summed E-state index contributed by atoms with van der Waals surface area (Å²) in [5.41, 5.74) is -2.07. The number of pyridine rings is 1. The van der Waals surface area contributed by atoms with E-state index in [-0.39, 0.29) is 0 Å². The Morgan fingerprint density at radius 3 is 2.83 bits per heavy atom. The maximum atomic E-state index is 12.5. The molecule has 1 fully saturated rings. The Balaban J connectivity index is 2.11. The molecule has 0 amide bonds. The van der Waals surface area contributed by atoms with E-state index in [1.165, 1.54) is 12.3 Å². The van der Waals surface area contributed by atoms with Crippen molar-refractivity contribution in [2.45, 2.75) is 25.6 Å². The Hall–Kier alpha value is -1.30. The summed E-state index contributed by atoms with van der Waals surface area (Å²) in [5.74, 6) is 0.339. The molecule has 1 aromatic heterocycles. The molecule has 100 valence electrons. The highest BCUT2D eigenvalue weighted by atomic mass is 19.4. The molecule has 2 heterocycles. The van der Waals surface area contributed by atoms with Crippen LogP contribution in [0.25, 0.3) is 0 Å². The van der Waals surface area contributed by atoms with Crippen LogP contribution in [0, 0.1) is 5.92 Å². The van der Waals surface area contributed by atoms with Crippen LogP contribution in [0.2, 0.25) is 0 Å². The average Bonchev–Trinajstić information content (AvgIpc) is 2.79. The van der Waals surface area contributed by atoms with Gasteiger partial charge in [-0.3, -0.25) is 4.79 Å². The molecule has 3 nitrogen and oxygen atoms in total. The van der Waals surface area contributed by atoms with Gasteiger partial charge in [-0.05, 0) is 30.9 Å². The first kappa shape index (κ1) is 13.1. The fourth-order valence-electron chi connectivity index (χ4n) is 2.06. The molecular formula is C12H14F3NO2. The van der Waals surface area contributed by atoms with Gasteiger partial charge in [0.05, 0.1) is 0 Å². The zero-order chi connectivity index (χ0) is 13.2. The van der Waals surface area contributed by atoms with E-state index in [4.69, 9.17) is 4.74 Å². The maximum absolute atomic E-state index is 12.5. The summed E-state index contributed by atoms with van der Waals surface area (Å²) in [4.78, 5) is 11.6. The third-order valence-corrected chi connectivity index (χ3v) is 3.13. The number of aromatic nitrogens is 1. The summed E-state index contributed by atoms with van der Waals surface area (Å²) >= 11 is 0. The second-order valence-corrected chi connectivity index (χ2v) is 4.44. The standard InChI is InChI=1S/C12H14F3NO2/c13-12(14,15)10-2-1-5-16(11(10)17)6-3-9-4-7-18-8-9/h1-2,5,9H,3-4,6-8H2/t9-/m0/s1. The molecule has 2 rings (SSSR count). The molecule has 1 aliphatic heterocycles. The van der Waals surface area contributed by atoms with E-state index in [9.17, 15) is 18.0 Å². The molecule has 0 bridgehead atoms. The normalized spacial score (nSPS) is 20.3. The third-order valence-electron chi connectivity index (χ3n) is 3.13. The van der Waals surface area contributed by atoms with Gasteiger partial charge >= 0.3 is 6.18 Å². The average molecular weight is 261 g/mol. The van der Waals surface area contributed by atoms with Crippen molar-refractivity contribution in [2.75, 3.05) is 13.2 Å². The second kappa shape index (κ2) is 5.14. The Labute approximate surface area is 102 Å². The van der Waals surface area contributed by atoms with Crippen LogP contribution >= 0.6 is 0 Å². The predicted octanol–water partition coefficient (Wildman–Crippen LogP) is 2.29. The molecule has 0 saturated carbocycles. The topological polar surface area (TPSA) is 31.2 Å². The molecule has 1 aromatic rings. The summed E-state index contributed by atoms with van der Waals surface area (Å²) in [5, 5.41) is 0. The Kier molecular flexibility index (Phi) is 3.75. The first-order valence-electron chi connectivity index (χ1n) is 5.83. The van der Waals surface area contributed by atoms with Gasteiger partial charge < -0.3 is 9.30 Å². The SMILES string of the molecule is O=c1c(C(F)(F)F)cccn1CC[C@H]1CCOC1. The highest BCUT2D eigenvalue weighted by molar-refractivity contribution is 5.13. The van der Waals surface area contributed by atoms with Crippen molar-refractivity contribution in [1.82, 2.24) is 4.57 Å². The molecule has 0 aliphatic carbocycles. The Morgan fingerprint density at radius 2 is 2.22 bits per heavy atom. The van der Waals surface area contributed by atoms with Crippen molar-refractivity contribution in [3.8, 4) is 0 Å². The van der Waals surface area contributed by atoms with Crippen LogP contribution in [0.3, 0.4) is 0 Å². The smallest absolute Gasteiger partial charge is 0.381 e. The summed E-state index contributed by atoms with van der Waals surface area (Å²) in [7, 11) is 0. The van der Waals surface area contributed by atoms with E-state index in [2.05, 4.69) is 0 Å². The fourth-order valence-corrected chi connectivity index (χ4v) is 2.06. The lowest BCUT2D eigenvalue weighted by Crippen LogP contribution is -2.28. The Bertz CT molecular complexity index is 461. The summed E-state index contributed by atoms with van der Waals surface area (Å²) in [6, 6.07) is 2.08. The number of alkyl halides is 3. The molecule has 18 heavy (non-hydrogen) atoms. The van der Waals surface area contributed by atoms with Gasteiger partial charge in [-0.15, -0.1) is 0 Å². The van der Waals surface area contributed by atoms with E-state index in [0.29, 0.717) is 32.1 Å². The zero-order valence-corrected chi connectivity index (χ0v) is 9.74. The van der Waals surface area contributed by atoms with E-state index in [1.54, 1.807) is 0 Å². The number of rotatable bonds is 3. The third kappa shape index (κ3) is 2.93. The van der Waals surface area contributed by atoms with Crippen LogP contribution in [0.1, 0.15) is 18.4 Å². The van der Waals surface area contributed by atoms with Gasteiger partial charge in [0.25, 0.3) is 5.56 Å². The monoisotopic (exact) mass is 261 g/mol. The lowest BCUT2D eigenvalue weighted by Gasteiger charge is -2.12. The molecule has 0 N–H and O–H groups in total. The number of nitrogens with zero attached hydrogens (tertiary/aromatic N) is 1. The first-order chi connectivity index (χ1) is 8.48. The largest absolute Gasteiger partial charge is 0.421 e. The fraction of sp³-hybridized carbons (Fsp3) is 0.583. The minimum absolute atomic E-state index is 0.302. The van der Waals surface area contributed by atoms with Gasteiger partial charge in [0.1, 0.15) is 5.56 Å². The lowest BCUT2D eigenvalue weighted by molar-refractivity contribution is -0.139. The Morgan fingerprint density at radius 1 is 1.44 bits per heavy atom. The molecule has 0 unspecified atom stereocenters. The van der Waals surface area contributed by atoms with E-state index < -0.39 is 17.3 Å². The first-order valence-corrected chi connectivity index (χ1v) is 5.83. The van der Waals surface area contributed by atoms with Crippen molar-refractivity contribution in [3.05, 3.63) is 34.2 Å². The van der Waals surface area contributed by atoms with Crippen LogP contribution in [0.15, 0.2) is 23.1 Å². The van der Waals surface area contributed by atoms with Crippen LogP contribution in [-0.2, 0) is 17.5 Å². The molecule has 1 saturated heterocycles. The van der Waals surface area contributed by atoms with Gasteiger partial charge in [-0.25, -0.2) is 0 Å². The van der Waals surface area contributed by atoms with Crippen molar-refractivity contribution < 1.29 is 17.9 Å².